The summed E-state index contributed by atoms with van der Waals surface area (Å²) in [5.41, 5.74) is -0.479. The molecule has 2 amide bonds. The van der Waals surface area contributed by atoms with Gasteiger partial charge in [-0.2, -0.15) is 0 Å². The highest BCUT2D eigenvalue weighted by molar-refractivity contribution is 6.30. The van der Waals surface area contributed by atoms with Crippen LogP contribution >= 0.6 is 11.6 Å². The van der Waals surface area contributed by atoms with Gasteiger partial charge in [-0.15, -0.1) is 0 Å². The van der Waals surface area contributed by atoms with Crippen molar-refractivity contribution in [2.45, 2.75) is 72.0 Å². The Bertz CT molecular complexity index is 795. The van der Waals surface area contributed by atoms with E-state index in [2.05, 4.69) is 10.3 Å². The fraction of sp³-hybridized carbons (Fsp3) is 0.565. The van der Waals surface area contributed by atoms with Crippen LogP contribution in [0.5, 0.6) is 0 Å². The molecule has 9 heteroatoms. The minimum atomic E-state index is -0.750. The van der Waals surface area contributed by atoms with Crippen molar-refractivity contribution in [2.75, 3.05) is 13.1 Å². The minimum absolute atomic E-state index is 0.00774. The number of benzene rings is 1. The molecule has 0 heterocycles. The van der Waals surface area contributed by atoms with Gasteiger partial charge in [0.25, 0.3) is 0 Å². The number of rotatable bonds is 7. The van der Waals surface area contributed by atoms with Crippen LogP contribution in [0, 0.1) is 0 Å². The van der Waals surface area contributed by atoms with Crippen LogP contribution in [0.3, 0.4) is 0 Å². The van der Waals surface area contributed by atoms with E-state index in [4.69, 9.17) is 21.1 Å². The summed E-state index contributed by atoms with van der Waals surface area (Å²) in [5, 5.41) is 3.20. The van der Waals surface area contributed by atoms with Crippen LogP contribution in [0.2, 0.25) is 5.02 Å². The highest BCUT2D eigenvalue weighted by Crippen LogP contribution is 2.13. The molecule has 0 saturated heterocycles. The van der Waals surface area contributed by atoms with E-state index in [-0.39, 0.29) is 18.9 Å². The van der Waals surface area contributed by atoms with Crippen molar-refractivity contribution in [3.63, 3.8) is 0 Å². The summed E-state index contributed by atoms with van der Waals surface area (Å²) in [6.07, 6.45) is 0.550. The highest BCUT2D eigenvalue weighted by atomic mass is 35.5. The number of carbonyl (C=O) groups is 3. The van der Waals surface area contributed by atoms with Crippen molar-refractivity contribution < 1.29 is 23.9 Å². The number of halogens is 1. The lowest BCUT2D eigenvalue weighted by Crippen LogP contribution is -2.50. The first-order valence-corrected chi connectivity index (χ1v) is 10.9. The fourth-order valence-corrected chi connectivity index (χ4v) is 2.59. The zero-order valence-corrected chi connectivity index (χ0v) is 20.5. The molecule has 0 aromatic heterocycles. The van der Waals surface area contributed by atoms with Crippen molar-refractivity contribution in [1.82, 2.24) is 10.2 Å². The molecular formula is C23H34ClN3O5. The van der Waals surface area contributed by atoms with Crippen LogP contribution < -0.4 is 5.32 Å². The largest absolute Gasteiger partial charge is 0.444 e. The molecule has 0 bridgehead atoms. The predicted octanol–water partition coefficient (Wildman–Crippen LogP) is 4.98. The third-order valence-corrected chi connectivity index (χ3v) is 4.01. The molecule has 0 aliphatic heterocycles. The van der Waals surface area contributed by atoms with E-state index < -0.39 is 23.4 Å². The highest BCUT2D eigenvalue weighted by Gasteiger charge is 2.28. The summed E-state index contributed by atoms with van der Waals surface area (Å²) >= 11 is 5.92. The van der Waals surface area contributed by atoms with E-state index in [9.17, 15) is 14.4 Å². The van der Waals surface area contributed by atoms with Gasteiger partial charge >= 0.3 is 12.2 Å². The van der Waals surface area contributed by atoms with E-state index in [1.165, 1.54) is 4.90 Å². The summed E-state index contributed by atoms with van der Waals surface area (Å²) < 4.78 is 10.8. The molecule has 0 aliphatic rings. The van der Waals surface area contributed by atoms with Gasteiger partial charge in [0.2, 0.25) is 5.96 Å². The number of alkyl carbamates (subject to hydrolysis) is 1. The van der Waals surface area contributed by atoms with Crippen LogP contribution in [-0.4, -0.2) is 53.6 Å². The first-order chi connectivity index (χ1) is 14.8. The Labute approximate surface area is 195 Å². The number of nitrogens with zero attached hydrogens (tertiary/aromatic N) is 2. The third-order valence-electron chi connectivity index (χ3n) is 3.76. The quantitative estimate of drug-likeness (QED) is 0.264. The predicted molar refractivity (Wildman–Crippen MR) is 125 cm³/mol. The smallest absolute Gasteiger partial charge is 0.417 e. The number of unbranched alkanes of at least 4 members (excludes halogenated alkanes) is 1. The van der Waals surface area contributed by atoms with Crippen molar-refractivity contribution >= 4 is 36.0 Å². The zero-order valence-electron chi connectivity index (χ0n) is 19.7. The number of ether oxygens (including phenoxy) is 2. The molecule has 1 rings (SSSR count). The molecule has 0 radical (unpaired) electrons. The Balaban J connectivity index is 3.13. The number of guanidine groups is 1. The van der Waals surface area contributed by atoms with Crippen molar-refractivity contribution in [3.05, 3.63) is 34.9 Å². The average Bonchev–Trinajstić information content (AvgIpc) is 2.63. The maximum absolute atomic E-state index is 12.9. The van der Waals surface area contributed by atoms with Gasteiger partial charge in [0.15, 0.2) is 0 Å². The first-order valence-electron chi connectivity index (χ1n) is 10.5. The number of aldehydes is 1. The van der Waals surface area contributed by atoms with Crippen LogP contribution in [0.15, 0.2) is 29.3 Å². The Hall–Kier alpha value is -2.61. The molecule has 0 atom stereocenters. The molecule has 0 spiro atoms. The van der Waals surface area contributed by atoms with Gasteiger partial charge in [0.05, 0.1) is 0 Å². The Morgan fingerprint density at radius 3 is 2.19 bits per heavy atom. The van der Waals surface area contributed by atoms with Crippen LogP contribution in [0.25, 0.3) is 0 Å². The molecule has 0 aliphatic carbocycles. The maximum atomic E-state index is 12.9. The number of amides is 2. The van der Waals surface area contributed by atoms with E-state index in [1.54, 1.807) is 53.7 Å². The molecule has 8 nitrogen and oxygen atoms in total. The third kappa shape index (κ3) is 11.7. The normalized spacial score (nSPS) is 12.2. The van der Waals surface area contributed by atoms with Gasteiger partial charge in [0, 0.05) is 24.5 Å². The van der Waals surface area contributed by atoms with Crippen molar-refractivity contribution in [1.29, 1.82) is 0 Å². The maximum Gasteiger partial charge on any atom is 0.417 e. The Kier molecular flexibility index (Phi) is 10.7. The lowest BCUT2D eigenvalue weighted by Gasteiger charge is -2.28. The van der Waals surface area contributed by atoms with Gasteiger partial charge < -0.3 is 14.3 Å². The topological polar surface area (TPSA) is 97.3 Å². The summed E-state index contributed by atoms with van der Waals surface area (Å²) in [6.45, 7) is 10.9. The first kappa shape index (κ1) is 27.4. The zero-order chi connectivity index (χ0) is 24.4. The lowest BCUT2D eigenvalue weighted by atomic mass is 10.1. The summed E-state index contributed by atoms with van der Waals surface area (Å²) in [7, 11) is 0. The molecular weight excluding hydrogens is 434 g/mol. The Morgan fingerprint density at radius 2 is 1.66 bits per heavy atom. The fourth-order valence-electron chi connectivity index (χ4n) is 2.46. The average molecular weight is 468 g/mol. The van der Waals surface area contributed by atoms with Crippen LogP contribution in [0.4, 0.5) is 9.59 Å². The second kappa shape index (κ2) is 12.4. The second-order valence-corrected chi connectivity index (χ2v) is 9.59. The molecule has 1 aromatic carbocycles. The van der Waals surface area contributed by atoms with E-state index in [0.717, 1.165) is 11.8 Å². The van der Waals surface area contributed by atoms with Crippen molar-refractivity contribution in [3.8, 4) is 0 Å². The van der Waals surface area contributed by atoms with E-state index in [0.29, 0.717) is 24.4 Å². The molecule has 0 saturated carbocycles. The van der Waals surface area contributed by atoms with Crippen LogP contribution in [0.1, 0.15) is 59.9 Å². The van der Waals surface area contributed by atoms with Gasteiger partial charge in [-0.1, -0.05) is 23.7 Å². The molecule has 0 unspecified atom stereocenters. The number of hydrogen-bond donors (Lipinski definition) is 1. The lowest BCUT2D eigenvalue weighted by molar-refractivity contribution is -0.108. The number of aliphatic imine (C=N–C) groups is 1. The van der Waals surface area contributed by atoms with Gasteiger partial charge in [-0.05, 0) is 72.1 Å². The van der Waals surface area contributed by atoms with Gasteiger partial charge in [-0.25, -0.2) is 14.5 Å². The number of hydrogen-bond acceptors (Lipinski definition) is 6. The molecule has 32 heavy (non-hydrogen) atoms. The SMILES string of the molecule is CC(C)(C)OC(=O)NC(=NCCc1ccc(Cl)cc1)N(CCCC=O)C(=O)OC(C)(C)C. The number of carbonyl (C=O) groups excluding carboxylic acids is 3. The summed E-state index contributed by atoms with van der Waals surface area (Å²) in [4.78, 5) is 41.7. The molecule has 1 aromatic rings. The summed E-state index contributed by atoms with van der Waals surface area (Å²) in [6, 6.07) is 7.34. The van der Waals surface area contributed by atoms with Crippen molar-refractivity contribution in [2.24, 2.45) is 4.99 Å². The van der Waals surface area contributed by atoms with Gasteiger partial charge in [-0.3, -0.25) is 10.3 Å². The molecule has 0 fully saturated rings. The molecule has 1 N–H and O–H groups in total. The Morgan fingerprint density at radius 1 is 1.06 bits per heavy atom. The standard InChI is InChI=1S/C23H34ClN3O5/c1-22(2,3)31-20(29)26-19(25-14-13-17-9-11-18(24)12-10-17)27(15-7-8-16-28)21(30)32-23(4,5)6/h9-12,16H,7-8,13-15H2,1-6H3,(H,25,26,29). The number of nitrogens with one attached hydrogen (secondary N) is 1. The van der Waals surface area contributed by atoms with Crippen LogP contribution in [-0.2, 0) is 20.7 Å². The second-order valence-electron chi connectivity index (χ2n) is 9.15. The summed E-state index contributed by atoms with van der Waals surface area (Å²) in [5.74, 6) is 0.00774. The van der Waals surface area contributed by atoms with Gasteiger partial charge in [0.1, 0.15) is 17.5 Å². The molecule has 178 valence electrons. The monoisotopic (exact) mass is 467 g/mol. The van der Waals surface area contributed by atoms with E-state index >= 15 is 0 Å². The minimum Gasteiger partial charge on any atom is -0.444 e. The van der Waals surface area contributed by atoms with E-state index in [1.807, 2.05) is 12.1 Å².